The molecule has 0 spiro atoms. The van der Waals surface area contributed by atoms with Crippen molar-refractivity contribution in [1.82, 2.24) is 15.2 Å². The van der Waals surface area contributed by atoms with E-state index < -0.39 is 5.60 Å². The maximum absolute atomic E-state index is 14.0. The number of carbonyl (C=O) groups is 2. The Hall–Kier alpha value is -3.73. The molecule has 0 saturated carbocycles. The lowest BCUT2D eigenvalue weighted by Gasteiger charge is -2.36. The lowest BCUT2D eigenvalue weighted by molar-refractivity contribution is -0.117. The van der Waals surface area contributed by atoms with Gasteiger partial charge in [-0.15, -0.1) is 0 Å². The molecule has 2 aliphatic heterocycles. The fraction of sp³-hybridized carbons (Fsp3) is 0.467. The Bertz CT molecular complexity index is 1330. The molecule has 0 aliphatic carbocycles. The molecular weight excluding hydrogens is 547 g/mol. The van der Waals surface area contributed by atoms with Gasteiger partial charge in [-0.25, -0.2) is 9.18 Å². The summed E-state index contributed by atoms with van der Waals surface area (Å²) in [6.45, 7) is 8.62. The van der Waals surface area contributed by atoms with Crippen molar-refractivity contribution in [2.45, 2.75) is 71.6 Å². The number of halogens is 1. The predicted octanol–water partition coefficient (Wildman–Crippen LogP) is 5.43. The van der Waals surface area contributed by atoms with Crippen molar-refractivity contribution >= 4 is 34.9 Å². The van der Waals surface area contributed by atoms with Gasteiger partial charge in [-0.05, 0) is 65.2 Å². The molecular formula is C30H37FN4O5S. The van der Waals surface area contributed by atoms with Crippen molar-refractivity contribution in [3.05, 3.63) is 64.9 Å². The zero-order valence-electron chi connectivity index (χ0n) is 23.9. The van der Waals surface area contributed by atoms with Crippen molar-refractivity contribution < 1.29 is 28.2 Å². The van der Waals surface area contributed by atoms with Crippen molar-refractivity contribution in [2.75, 3.05) is 25.0 Å². The predicted molar refractivity (Wildman–Crippen MR) is 157 cm³/mol. The van der Waals surface area contributed by atoms with Crippen LogP contribution in [0.15, 0.2) is 48.0 Å². The largest absolute Gasteiger partial charge is 0.492 e. The van der Waals surface area contributed by atoms with Crippen LogP contribution < -0.4 is 15.4 Å². The van der Waals surface area contributed by atoms with Gasteiger partial charge in [0.05, 0.1) is 12.2 Å². The zero-order valence-corrected chi connectivity index (χ0v) is 24.7. The normalized spacial score (nSPS) is 17.5. The molecule has 2 N–H and O–H groups in total. The molecule has 1 saturated heterocycles. The third-order valence-corrected chi connectivity index (χ3v) is 7.15. The summed E-state index contributed by atoms with van der Waals surface area (Å²) < 4.78 is 31.9. The highest BCUT2D eigenvalue weighted by molar-refractivity contribution is 7.81. The fourth-order valence-electron chi connectivity index (χ4n) is 4.67. The van der Waals surface area contributed by atoms with Gasteiger partial charge in [-0.3, -0.25) is 9.78 Å². The molecule has 9 nitrogen and oxygen atoms in total. The summed E-state index contributed by atoms with van der Waals surface area (Å²) in [6, 6.07) is 6.30. The minimum Gasteiger partial charge on any atom is -0.492 e. The Morgan fingerprint density at radius 3 is 2.83 bits per heavy atom. The Labute approximate surface area is 245 Å². The average molecular weight is 585 g/mol. The van der Waals surface area contributed by atoms with E-state index in [-0.39, 0.29) is 47.6 Å². The second kappa shape index (κ2) is 13.3. The minimum atomic E-state index is -0.578. The quantitative estimate of drug-likeness (QED) is 0.397. The van der Waals surface area contributed by atoms with E-state index >= 15 is 0 Å². The number of hydrogen-bond acceptors (Lipinski definition) is 7. The number of anilines is 1. The molecule has 4 rings (SSSR count). The summed E-state index contributed by atoms with van der Waals surface area (Å²) in [5.41, 5.74) is 1.24. The number of nitrogens with zero attached hydrogens (tertiary/aromatic N) is 2. The van der Waals surface area contributed by atoms with Crippen LogP contribution in [0, 0.1) is 12.7 Å². The molecule has 1 aromatic carbocycles. The molecule has 1 atom stereocenters. The van der Waals surface area contributed by atoms with Gasteiger partial charge in [-0.1, -0.05) is 18.3 Å². The summed E-state index contributed by atoms with van der Waals surface area (Å²) in [5.74, 6) is 0.236. The molecule has 220 valence electrons. The van der Waals surface area contributed by atoms with Crippen LogP contribution in [0.25, 0.3) is 0 Å². The number of rotatable bonds is 8. The van der Waals surface area contributed by atoms with Crippen molar-refractivity contribution in [3.8, 4) is 5.75 Å². The van der Waals surface area contributed by atoms with Gasteiger partial charge in [0.25, 0.3) is 5.91 Å². The van der Waals surface area contributed by atoms with E-state index in [0.29, 0.717) is 42.3 Å². The van der Waals surface area contributed by atoms with Crippen molar-refractivity contribution in [2.24, 2.45) is 0 Å². The van der Waals surface area contributed by atoms with E-state index in [1.165, 1.54) is 6.07 Å². The van der Waals surface area contributed by atoms with E-state index in [0.717, 1.165) is 24.8 Å². The number of piperidine rings is 1. The molecule has 11 heteroatoms. The van der Waals surface area contributed by atoms with E-state index in [1.807, 2.05) is 20.8 Å². The molecule has 41 heavy (non-hydrogen) atoms. The summed E-state index contributed by atoms with van der Waals surface area (Å²) in [4.78, 5) is 31.7. The summed E-state index contributed by atoms with van der Waals surface area (Å²) in [5, 5.41) is 5.78. The highest BCUT2D eigenvalue weighted by atomic mass is 32.1. The molecule has 2 aliphatic rings. The van der Waals surface area contributed by atoms with Crippen LogP contribution >= 0.6 is 12.2 Å². The van der Waals surface area contributed by atoms with E-state index in [4.69, 9.17) is 26.4 Å². The minimum absolute atomic E-state index is 0.117. The smallest absolute Gasteiger partial charge is 0.410 e. The third-order valence-electron chi connectivity index (χ3n) is 6.84. The lowest BCUT2D eigenvalue weighted by Crippen LogP contribution is -2.48. The maximum atomic E-state index is 14.0. The second-order valence-electron chi connectivity index (χ2n) is 11.1. The first-order valence-electron chi connectivity index (χ1n) is 13.8. The zero-order chi connectivity index (χ0) is 29.6. The highest BCUT2D eigenvalue weighted by Crippen LogP contribution is 2.26. The average Bonchev–Trinajstić information content (AvgIpc) is 2.93. The number of likely N-dealkylation sites (tertiary alicyclic amines) is 1. The van der Waals surface area contributed by atoms with Gasteiger partial charge < -0.3 is 29.7 Å². The van der Waals surface area contributed by atoms with Crippen LogP contribution in [0.5, 0.6) is 5.75 Å². The van der Waals surface area contributed by atoms with Crippen LogP contribution in [-0.4, -0.2) is 58.2 Å². The van der Waals surface area contributed by atoms with E-state index in [2.05, 4.69) is 15.6 Å². The number of carbonyl (C=O) groups excluding carboxylic acids is 2. The highest BCUT2D eigenvalue weighted by Gasteiger charge is 2.31. The first kappa shape index (κ1) is 30.2. The monoisotopic (exact) mass is 584 g/mol. The molecule has 2 aromatic rings. The second-order valence-corrected chi connectivity index (χ2v) is 11.5. The Balaban J connectivity index is 1.45. The van der Waals surface area contributed by atoms with Crippen molar-refractivity contribution in [1.29, 1.82) is 0 Å². The standard InChI is InChI=1S/C30H37FN4O5S/c1-19-22(31)9-7-10-23(19)34-28(41)26-24(12-14-33-27(26)36)38-17-20-11-13-32-16-25(20)39-18-21-8-5-6-15-35(21)29(37)40-30(2,3)4/h7,9-11,13,16,21H,5-6,8,12,14-15,17-18H2,1-4H3,(H,33,36)(H,34,41)/t21-/m0/s1. The van der Waals surface area contributed by atoms with Crippen LogP contribution in [0.4, 0.5) is 14.9 Å². The number of pyridine rings is 1. The number of aromatic nitrogens is 1. The van der Waals surface area contributed by atoms with Gasteiger partial charge in [0.2, 0.25) is 0 Å². The number of hydrogen-bond donors (Lipinski definition) is 2. The number of benzene rings is 1. The van der Waals surface area contributed by atoms with Crippen LogP contribution in [0.1, 0.15) is 57.6 Å². The van der Waals surface area contributed by atoms with E-state index in [1.54, 1.807) is 42.4 Å². The van der Waals surface area contributed by atoms with Crippen LogP contribution in [-0.2, 0) is 20.9 Å². The van der Waals surface area contributed by atoms with Crippen molar-refractivity contribution in [3.63, 3.8) is 0 Å². The number of ether oxygens (including phenoxy) is 3. The summed E-state index contributed by atoms with van der Waals surface area (Å²) >= 11 is 5.54. The Morgan fingerprint density at radius 2 is 2.05 bits per heavy atom. The maximum Gasteiger partial charge on any atom is 0.410 e. The molecule has 2 amide bonds. The van der Waals surface area contributed by atoms with Gasteiger partial charge in [0, 0.05) is 42.5 Å². The summed E-state index contributed by atoms with van der Waals surface area (Å²) in [7, 11) is 0. The third kappa shape index (κ3) is 7.93. The van der Waals surface area contributed by atoms with Gasteiger partial charge in [0.1, 0.15) is 46.7 Å². The Kier molecular flexibility index (Phi) is 9.80. The van der Waals surface area contributed by atoms with Crippen LogP contribution in [0.2, 0.25) is 0 Å². The van der Waals surface area contributed by atoms with Gasteiger partial charge >= 0.3 is 6.09 Å². The first-order valence-corrected chi connectivity index (χ1v) is 14.2. The fourth-order valence-corrected chi connectivity index (χ4v) is 4.99. The molecule has 0 unspecified atom stereocenters. The molecule has 1 aromatic heterocycles. The lowest BCUT2D eigenvalue weighted by atomic mass is 10.0. The molecule has 3 heterocycles. The number of amides is 2. The number of thiocarbonyl (C=S) groups is 1. The SMILES string of the molecule is Cc1c(F)cccc1NC(=S)C1=C(OCc2ccncc2OC[C@@H]2CCCCN2C(=O)OC(C)(C)C)CCNC1=O. The van der Waals surface area contributed by atoms with Crippen LogP contribution in [0.3, 0.4) is 0 Å². The van der Waals surface area contributed by atoms with Gasteiger partial charge in [0.15, 0.2) is 0 Å². The Morgan fingerprint density at radius 1 is 1.24 bits per heavy atom. The molecule has 1 fully saturated rings. The van der Waals surface area contributed by atoms with E-state index in [9.17, 15) is 14.0 Å². The molecule has 0 radical (unpaired) electrons. The molecule has 0 bridgehead atoms. The number of nitrogens with one attached hydrogen (secondary N) is 2. The first-order chi connectivity index (χ1) is 19.5. The summed E-state index contributed by atoms with van der Waals surface area (Å²) in [6.07, 6.45) is 6.09. The topological polar surface area (TPSA) is 102 Å². The van der Waals surface area contributed by atoms with Gasteiger partial charge in [-0.2, -0.15) is 0 Å².